The number of anilines is 1. The minimum atomic E-state index is -0.390. The average molecular weight is 354 g/mol. The smallest absolute Gasteiger partial charge is 0.220 e. The number of carbonyl (C=O) groups is 1. The Morgan fingerprint density at radius 2 is 1.88 bits per heavy atom. The van der Waals surface area contributed by atoms with Gasteiger partial charge in [-0.3, -0.25) is 4.79 Å². The third-order valence-electron chi connectivity index (χ3n) is 4.65. The maximum atomic E-state index is 12.3. The zero-order valence-electron chi connectivity index (χ0n) is 14.9. The molecule has 1 fully saturated rings. The molecule has 1 aliphatic rings. The number of nitrogens with zero attached hydrogens (tertiary/aromatic N) is 1. The standard InChI is InChI=1S/C21H26N2O3/c24-16-20(22-21(25)10-9-17-5-2-1-3-6-17)18-7-4-8-19(15-18)23-11-13-26-14-12-23/h1-8,15,20,24H,9-14,16H2,(H,22,25). The molecule has 1 atom stereocenters. The van der Waals surface area contributed by atoms with Gasteiger partial charge in [0.2, 0.25) is 5.91 Å². The van der Waals surface area contributed by atoms with Crippen molar-refractivity contribution >= 4 is 11.6 Å². The lowest BCUT2D eigenvalue weighted by atomic mass is 10.0. The van der Waals surface area contributed by atoms with Crippen LogP contribution >= 0.6 is 0 Å². The van der Waals surface area contributed by atoms with E-state index in [9.17, 15) is 9.90 Å². The van der Waals surface area contributed by atoms with Crippen LogP contribution in [0.1, 0.15) is 23.6 Å². The molecule has 0 radical (unpaired) electrons. The van der Waals surface area contributed by atoms with Gasteiger partial charge in [-0.15, -0.1) is 0 Å². The Bertz CT molecular complexity index is 699. The second-order valence-electron chi connectivity index (χ2n) is 6.48. The highest BCUT2D eigenvalue weighted by Gasteiger charge is 2.16. The van der Waals surface area contributed by atoms with Gasteiger partial charge in [0.1, 0.15) is 0 Å². The van der Waals surface area contributed by atoms with Crippen molar-refractivity contribution in [3.05, 3.63) is 65.7 Å². The van der Waals surface area contributed by atoms with E-state index in [2.05, 4.69) is 16.3 Å². The number of aliphatic hydroxyl groups is 1. The largest absolute Gasteiger partial charge is 0.394 e. The summed E-state index contributed by atoms with van der Waals surface area (Å²) < 4.78 is 5.40. The molecule has 1 unspecified atom stereocenters. The summed E-state index contributed by atoms with van der Waals surface area (Å²) >= 11 is 0. The van der Waals surface area contributed by atoms with Crippen molar-refractivity contribution in [3.63, 3.8) is 0 Å². The van der Waals surface area contributed by atoms with Crippen molar-refractivity contribution in [2.45, 2.75) is 18.9 Å². The van der Waals surface area contributed by atoms with Gasteiger partial charge in [-0.05, 0) is 29.7 Å². The van der Waals surface area contributed by atoms with E-state index >= 15 is 0 Å². The molecule has 0 spiro atoms. The van der Waals surface area contributed by atoms with Gasteiger partial charge < -0.3 is 20.1 Å². The maximum absolute atomic E-state index is 12.3. The zero-order valence-corrected chi connectivity index (χ0v) is 14.9. The molecule has 26 heavy (non-hydrogen) atoms. The second kappa shape index (κ2) is 9.36. The van der Waals surface area contributed by atoms with E-state index in [4.69, 9.17) is 4.74 Å². The van der Waals surface area contributed by atoms with Gasteiger partial charge in [-0.1, -0.05) is 42.5 Å². The molecule has 2 N–H and O–H groups in total. The lowest BCUT2D eigenvalue weighted by Gasteiger charge is -2.29. The van der Waals surface area contributed by atoms with Gasteiger partial charge in [0.15, 0.2) is 0 Å². The number of hydrogen-bond donors (Lipinski definition) is 2. The lowest BCUT2D eigenvalue weighted by Crippen LogP contribution is -2.36. The predicted octanol–water partition coefficient (Wildman–Crippen LogP) is 2.31. The molecule has 1 amide bonds. The van der Waals surface area contributed by atoms with Gasteiger partial charge in [0.05, 0.1) is 25.9 Å². The monoisotopic (exact) mass is 354 g/mol. The summed E-state index contributed by atoms with van der Waals surface area (Å²) in [6, 6.07) is 17.6. The molecule has 1 saturated heterocycles. The first-order chi connectivity index (χ1) is 12.8. The SMILES string of the molecule is O=C(CCc1ccccc1)NC(CO)c1cccc(N2CCOCC2)c1. The molecule has 2 aromatic carbocycles. The van der Waals surface area contributed by atoms with Crippen molar-refractivity contribution in [3.8, 4) is 0 Å². The van der Waals surface area contributed by atoms with E-state index in [0.29, 0.717) is 12.8 Å². The molecule has 0 aromatic heterocycles. The highest BCUT2D eigenvalue weighted by Crippen LogP contribution is 2.22. The lowest BCUT2D eigenvalue weighted by molar-refractivity contribution is -0.122. The fraction of sp³-hybridized carbons (Fsp3) is 0.381. The Labute approximate surface area is 154 Å². The topological polar surface area (TPSA) is 61.8 Å². The Morgan fingerprint density at radius 1 is 1.12 bits per heavy atom. The number of aliphatic hydroxyl groups excluding tert-OH is 1. The molecular formula is C21H26N2O3. The number of amides is 1. The van der Waals surface area contributed by atoms with Gasteiger partial charge in [-0.2, -0.15) is 0 Å². The molecule has 1 aliphatic heterocycles. The number of ether oxygens (including phenoxy) is 1. The first-order valence-electron chi connectivity index (χ1n) is 9.13. The van der Waals surface area contributed by atoms with Crippen molar-refractivity contribution in [1.29, 1.82) is 0 Å². The summed E-state index contributed by atoms with van der Waals surface area (Å²) in [4.78, 5) is 14.6. The Morgan fingerprint density at radius 3 is 2.62 bits per heavy atom. The van der Waals surface area contributed by atoms with Crippen LogP contribution in [-0.4, -0.2) is 43.9 Å². The Kier molecular flexibility index (Phi) is 6.63. The molecule has 1 heterocycles. The number of aryl methyl sites for hydroxylation is 1. The molecule has 3 rings (SSSR count). The van der Waals surface area contributed by atoms with E-state index in [-0.39, 0.29) is 18.6 Å². The molecule has 2 aromatic rings. The van der Waals surface area contributed by atoms with Gasteiger partial charge in [-0.25, -0.2) is 0 Å². The predicted molar refractivity (Wildman–Crippen MR) is 102 cm³/mol. The molecule has 0 bridgehead atoms. The summed E-state index contributed by atoms with van der Waals surface area (Å²) in [5, 5.41) is 12.7. The summed E-state index contributed by atoms with van der Waals surface area (Å²) in [5.74, 6) is -0.0512. The van der Waals surface area contributed by atoms with Crippen LogP contribution in [0.4, 0.5) is 5.69 Å². The number of hydrogen-bond acceptors (Lipinski definition) is 4. The Hall–Kier alpha value is -2.37. The fourth-order valence-electron chi connectivity index (χ4n) is 3.16. The van der Waals surface area contributed by atoms with Crippen molar-refractivity contribution in [2.24, 2.45) is 0 Å². The number of carbonyl (C=O) groups excluding carboxylic acids is 1. The summed E-state index contributed by atoms with van der Waals surface area (Å²) in [5.41, 5.74) is 3.16. The van der Waals surface area contributed by atoms with Crippen LogP contribution in [0, 0.1) is 0 Å². The van der Waals surface area contributed by atoms with Crippen LogP contribution in [0.5, 0.6) is 0 Å². The molecule has 5 heteroatoms. The maximum Gasteiger partial charge on any atom is 0.220 e. The molecule has 5 nitrogen and oxygen atoms in total. The van der Waals surface area contributed by atoms with Crippen LogP contribution in [0.3, 0.4) is 0 Å². The third-order valence-corrected chi connectivity index (χ3v) is 4.65. The minimum absolute atomic E-state index is 0.0512. The second-order valence-corrected chi connectivity index (χ2v) is 6.48. The summed E-state index contributed by atoms with van der Waals surface area (Å²) in [7, 11) is 0. The Balaban J connectivity index is 1.60. The first-order valence-corrected chi connectivity index (χ1v) is 9.13. The molecule has 0 saturated carbocycles. The van der Waals surface area contributed by atoms with Crippen molar-refractivity contribution < 1.29 is 14.6 Å². The van der Waals surface area contributed by atoms with E-state index in [1.54, 1.807) is 0 Å². The van der Waals surface area contributed by atoms with Gasteiger partial charge in [0.25, 0.3) is 0 Å². The van der Waals surface area contributed by atoms with Crippen LogP contribution in [0.2, 0.25) is 0 Å². The van der Waals surface area contributed by atoms with Crippen LogP contribution in [0.15, 0.2) is 54.6 Å². The number of rotatable bonds is 7. The fourth-order valence-corrected chi connectivity index (χ4v) is 3.16. The van der Waals surface area contributed by atoms with Crippen LogP contribution < -0.4 is 10.2 Å². The highest BCUT2D eigenvalue weighted by molar-refractivity contribution is 5.76. The third kappa shape index (κ3) is 5.07. The minimum Gasteiger partial charge on any atom is -0.394 e. The van der Waals surface area contributed by atoms with Gasteiger partial charge in [0, 0.05) is 25.2 Å². The average Bonchev–Trinajstić information content (AvgIpc) is 2.72. The van der Waals surface area contributed by atoms with E-state index in [0.717, 1.165) is 43.1 Å². The molecule has 138 valence electrons. The summed E-state index contributed by atoms with van der Waals surface area (Å²) in [6.45, 7) is 3.05. The van der Waals surface area contributed by atoms with Crippen molar-refractivity contribution in [2.75, 3.05) is 37.8 Å². The molecular weight excluding hydrogens is 328 g/mol. The van der Waals surface area contributed by atoms with E-state index in [1.807, 2.05) is 48.5 Å². The first kappa shape index (κ1) is 18.4. The van der Waals surface area contributed by atoms with Crippen LogP contribution in [-0.2, 0) is 16.0 Å². The zero-order chi connectivity index (χ0) is 18.2. The van der Waals surface area contributed by atoms with Crippen molar-refractivity contribution in [1.82, 2.24) is 5.32 Å². The molecule has 0 aliphatic carbocycles. The van der Waals surface area contributed by atoms with E-state index in [1.165, 1.54) is 0 Å². The quantitative estimate of drug-likeness (QED) is 0.801. The summed E-state index contributed by atoms with van der Waals surface area (Å²) in [6.07, 6.45) is 1.10. The number of morpholine rings is 1. The highest BCUT2D eigenvalue weighted by atomic mass is 16.5. The van der Waals surface area contributed by atoms with Gasteiger partial charge >= 0.3 is 0 Å². The number of nitrogens with one attached hydrogen (secondary N) is 1. The number of benzene rings is 2. The normalized spacial score (nSPS) is 15.5. The van der Waals surface area contributed by atoms with E-state index < -0.39 is 0 Å². The van der Waals surface area contributed by atoms with Crippen LogP contribution in [0.25, 0.3) is 0 Å².